The number of thiophene rings is 1. The number of rotatable bonds is 6. The molecule has 2 heterocycles. The van der Waals surface area contributed by atoms with E-state index in [9.17, 15) is 14.4 Å². The normalized spacial score (nSPS) is 13.9. The van der Waals surface area contributed by atoms with E-state index in [0.717, 1.165) is 20.9 Å². The highest BCUT2D eigenvalue weighted by Crippen LogP contribution is 2.33. The van der Waals surface area contributed by atoms with E-state index in [2.05, 4.69) is 5.32 Å². The van der Waals surface area contributed by atoms with Gasteiger partial charge in [-0.1, -0.05) is 41.9 Å². The zero-order valence-electron chi connectivity index (χ0n) is 16.5. The molecular weight excluding hydrogens is 432 g/mol. The Bertz CT molecular complexity index is 1150. The predicted molar refractivity (Wildman–Crippen MR) is 124 cm³/mol. The number of hydrogen-bond donors (Lipinski definition) is 1. The molecule has 0 radical (unpaired) electrons. The molecule has 3 aromatic rings. The van der Waals surface area contributed by atoms with Crippen molar-refractivity contribution < 1.29 is 14.4 Å². The summed E-state index contributed by atoms with van der Waals surface area (Å²) in [5.74, 6) is -0.525. The fraction of sp³-hybridized carbons (Fsp3) is 0.125. The molecule has 4 rings (SSSR count). The number of nitrogens with one attached hydrogen (secondary N) is 1. The van der Waals surface area contributed by atoms with Crippen molar-refractivity contribution in [2.45, 2.75) is 19.4 Å². The smallest absolute Gasteiger partial charge is 0.248 e. The first kappa shape index (κ1) is 21.0. The van der Waals surface area contributed by atoms with Gasteiger partial charge in [0.05, 0.1) is 6.54 Å². The van der Waals surface area contributed by atoms with E-state index >= 15 is 0 Å². The van der Waals surface area contributed by atoms with Crippen LogP contribution in [0.1, 0.15) is 23.3 Å². The van der Waals surface area contributed by atoms with Gasteiger partial charge in [0, 0.05) is 44.9 Å². The van der Waals surface area contributed by atoms with Gasteiger partial charge in [0.15, 0.2) is 0 Å². The van der Waals surface area contributed by atoms with Crippen LogP contribution in [0.5, 0.6) is 0 Å². The Hall–Kier alpha value is -3.22. The molecule has 0 bridgehead atoms. The van der Waals surface area contributed by atoms with E-state index < -0.39 is 0 Å². The summed E-state index contributed by atoms with van der Waals surface area (Å²) in [6.07, 6.45) is 3.81. The highest BCUT2D eigenvalue weighted by molar-refractivity contribution is 7.16. The third-order valence-corrected chi connectivity index (χ3v) is 6.30. The van der Waals surface area contributed by atoms with E-state index in [4.69, 9.17) is 11.6 Å². The van der Waals surface area contributed by atoms with Crippen molar-refractivity contribution in [3.63, 3.8) is 0 Å². The molecule has 0 unspecified atom stereocenters. The van der Waals surface area contributed by atoms with Crippen LogP contribution >= 0.6 is 22.9 Å². The highest BCUT2D eigenvalue weighted by Gasteiger charge is 2.28. The summed E-state index contributed by atoms with van der Waals surface area (Å²) in [6, 6.07) is 18.7. The lowest BCUT2D eigenvalue weighted by atomic mass is 10.2. The number of hydrogen-bond acceptors (Lipinski definition) is 4. The summed E-state index contributed by atoms with van der Waals surface area (Å²) in [6.45, 7) is 0.262. The third kappa shape index (κ3) is 5.10. The average molecular weight is 451 g/mol. The van der Waals surface area contributed by atoms with Gasteiger partial charge < -0.3 is 5.32 Å². The number of halogens is 1. The summed E-state index contributed by atoms with van der Waals surface area (Å²) < 4.78 is 0. The number of benzene rings is 2. The number of likely N-dealkylation sites (tertiary alicyclic amines) is 1. The molecule has 0 spiro atoms. The number of nitrogens with zero attached hydrogens (tertiary/aromatic N) is 1. The van der Waals surface area contributed by atoms with Gasteiger partial charge in [-0.15, -0.1) is 11.3 Å². The fourth-order valence-electron chi connectivity index (χ4n) is 3.27. The van der Waals surface area contributed by atoms with Gasteiger partial charge in [-0.2, -0.15) is 0 Å². The van der Waals surface area contributed by atoms with Crippen LogP contribution in [-0.4, -0.2) is 22.6 Å². The van der Waals surface area contributed by atoms with Crippen molar-refractivity contribution in [3.8, 4) is 10.4 Å². The van der Waals surface area contributed by atoms with Crippen LogP contribution in [0.15, 0.2) is 66.7 Å². The Morgan fingerprint density at radius 2 is 1.71 bits per heavy atom. The molecule has 1 N–H and O–H groups in total. The van der Waals surface area contributed by atoms with Crippen LogP contribution in [0.3, 0.4) is 0 Å². The SMILES string of the molecule is O=C(/C=C/c1ccc(-c2ccccc2Cl)s1)Nc1ccc(CN2C(=O)CCC2=O)cc1. The van der Waals surface area contributed by atoms with Crippen LogP contribution in [0.2, 0.25) is 5.02 Å². The summed E-state index contributed by atoms with van der Waals surface area (Å²) >= 11 is 7.80. The average Bonchev–Trinajstić information content (AvgIpc) is 3.36. The van der Waals surface area contributed by atoms with Crippen LogP contribution in [0.4, 0.5) is 5.69 Å². The topological polar surface area (TPSA) is 66.5 Å². The zero-order chi connectivity index (χ0) is 21.8. The Morgan fingerprint density at radius 1 is 1.00 bits per heavy atom. The molecule has 5 nitrogen and oxygen atoms in total. The molecule has 0 atom stereocenters. The van der Waals surface area contributed by atoms with E-state index in [1.165, 1.54) is 11.0 Å². The van der Waals surface area contributed by atoms with Gasteiger partial charge in [-0.05, 0) is 42.0 Å². The molecule has 0 aliphatic carbocycles. The second-order valence-corrected chi connectivity index (χ2v) is 8.60. The maximum atomic E-state index is 12.3. The van der Waals surface area contributed by atoms with Crippen molar-refractivity contribution in [3.05, 3.63) is 82.2 Å². The maximum absolute atomic E-state index is 12.3. The quantitative estimate of drug-likeness (QED) is 0.405. The Balaban J connectivity index is 1.35. The summed E-state index contributed by atoms with van der Waals surface area (Å²) in [5, 5.41) is 3.50. The van der Waals surface area contributed by atoms with Gasteiger partial charge in [0.1, 0.15) is 0 Å². The van der Waals surface area contributed by atoms with Gasteiger partial charge in [-0.25, -0.2) is 0 Å². The lowest BCUT2D eigenvalue weighted by Crippen LogP contribution is -2.28. The monoisotopic (exact) mass is 450 g/mol. The lowest BCUT2D eigenvalue weighted by Gasteiger charge is -2.14. The van der Waals surface area contributed by atoms with E-state index in [1.807, 2.05) is 36.4 Å². The largest absolute Gasteiger partial charge is 0.323 e. The van der Waals surface area contributed by atoms with Crippen LogP contribution in [0, 0.1) is 0 Å². The number of amides is 3. The molecule has 31 heavy (non-hydrogen) atoms. The minimum absolute atomic E-state index is 0.140. The minimum Gasteiger partial charge on any atom is -0.323 e. The predicted octanol–water partition coefficient (Wildman–Crippen LogP) is 5.37. The summed E-state index contributed by atoms with van der Waals surface area (Å²) in [5.41, 5.74) is 2.44. The third-order valence-electron chi connectivity index (χ3n) is 4.88. The molecule has 156 valence electrons. The van der Waals surface area contributed by atoms with Gasteiger partial charge in [-0.3, -0.25) is 19.3 Å². The molecule has 0 saturated carbocycles. The van der Waals surface area contributed by atoms with Gasteiger partial charge >= 0.3 is 0 Å². The minimum atomic E-state index is -0.245. The molecule has 1 aromatic heterocycles. The Morgan fingerprint density at radius 3 is 2.42 bits per heavy atom. The van der Waals surface area contributed by atoms with Crippen molar-refractivity contribution in [2.75, 3.05) is 5.32 Å². The molecule has 1 aliphatic heterocycles. The number of carbonyl (C=O) groups excluding carboxylic acids is 3. The van der Waals surface area contributed by atoms with Crippen LogP contribution in [-0.2, 0) is 20.9 Å². The molecule has 1 aliphatic rings. The second kappa shape index (κ2) is 9.29. The summed E-state index contributed by atoms with van der Waals surface area (Å²) in [4.78, 5) is 39.0. The molecule has 1 saturated heterocycles. The first-order chi connectivity index (χ1) is 15.0. The first-order valence-corrected chi connectivity index (χ1v) is 10.9. The van der Waals surface area contributed by atoms with Gasteiger partial charge in [0.2, 0.25) is 17.7 Å². The van der Waals surface area contributed by atoms with E-state index in [1.54, 1.807) is 41.7 Å². The van der Waals surface area contributed by atoms with E-state index in [0.29, 0.717) is 10.7 Å². The van der Waals surface area contributed by atoms with Crippen molar-refractivity contribution in [2.24, 2.45) is 0 Å². The van der Waals surface area contributed by atoms with Crippen LogP contribution < -0.4 is 5.32 Å². The van der Waals surface area contributed by atoms with Gasteiger partial charge in [0.25, 0.3) is 0 Å². The Labute approximate surface area is 189 Å². The molecule has 1 fully saturated rings. The molecule has 7 heteroatoms. The van der Waals surface area contributed by atoms with Crippen molar-refractivity contribution >= 4 is 52.4 Å². The molecule has 2 aromatic carbocycles. The second-order valence-electron chi connectivity index (χ2n) is 7.07. The summed E-state index contributed by atoms with van der Waals surface area (Å²) in [7, 11) is 0. The fourth-order valence-corrected chi connectivity index (χ4v) is 4.51. The number of carbonyl (C=O) groups is 3. The maximum Gasteiger partial charge on any atom is 0.248 e. The standard InChI is InChI=1S/C24H19ClN2O3S/c25-20-4-2-1-3-19(20)21-11-9-18(31-21)10-12-22(28)26-17-7-5-16(6-8-17)15-27-23(29)13-14-24(27)30/h1-12H,13-15H2,(H,26,28)/b12-10+. The number of imide groups is 1. The molecule has 3 amide bonds. The van der Waals surface area contributed by atoms with Crippen molar-refractivity contribution in [1.82, 2.24) is 4.90 Å². The highest BCUT2D eigenvalue weighted by atomic mass is 35.5. The Kier molecular flexibility index (Phi) is 6.30. The zero-order valence-corrected chi connectivity index (χ0v) is 18.1. The van der Waals surface area contributed by atoms with Crippen molar-refractivity contribution in [1.29, 1.82) is 0 Å². The lowest BCUT2D eigenvalue weighted by molar-refractivity contribution is -0.139. The molecular formula is C24H19ClN2O3S. The van der Waals surface area contributed by atoms with E-state index in [-0.39, 0.29) is 37.1 Å². The van der Waals surface area contributed by atoms with Crippen LogP contribution in [0.25, 0.3) is 16.5 Å². The first-order valence-electron chi connectivity index (χ1n) is 9.75. The number of anilines is 1.